The smallest absolute Gasteiger partial charge is 0.153 e. The Labute approximate surface area is 145 Å². The van der Waals surface area contributed by atoms with Crippen molar-refractivity contribution in [3.8, 4) is 12.3 Å². The minimum Gasteiger partial charge on any atom is -0.298 e. The monoisotopic (exact) mass is 364 g/mol. The summed E-state index contributed by atoms with van der Waals surface area (Å²) in [6.45, 7) is 10.2. The molecule has 0 amide bonds. The predicted octanol–water partition coefficient (Wildman–Crippen LogP) is 5.74. The van der Waals surface area contributed by atoms with Crippen LogP contribution in [-0.4, -0.2) is 11.1 Å². The van der Waals surface area contributed by atoms with E-state index in [0.717, 1.165) is 31.2 Å². The SMILES string of the molecule is C#CCCCCC(C)(C(=O)CBr)c1ccc(C)c(C)c1.CC. The van der Waals surface area contributed by atoms with Gasteiger partial charge in [-0.05, 0) is 50.3 Å². The van der Waals surface area contributed by atoms with Gasteiger partial charge in [0.1, 0.15) is 0 Å². The van der Waals surface area contributed by atoms with Crippen LogP contribution in [0.1, 0.15) is 63.1 Å². The molecule has 0 N–H and O–H groups in total. The van der Waals surface area contributed by atoms with E-state index in [0.29, 0.717) is 5.33 Å². The molecule has 1 aromatic carbocycles. The van der Waals surface area contributed by atoms with E-state index in [2.05, 4.69) is 60.8 Å². The van der Waals surface area contributed by atoms with E-state index in [1.807, 2.05) is 13.8 Å². The van der Waals surface area contributed by atoms with Crippen molar-refractivity contribution in [1.82, 2.24) is 0 Å². The molecule has 0 aliphatic heterocycles. The Morgan fingerprint density at radius 1 is 1.23 bits per heavy atom. The van der Waals surface area contributed by atoms with Crippen LogP contribution in [0.3, 0.4) is 0 Å². The minimum atomic E-state index is -0.420. The highest BCUT2D eigenvalue weighted by atomic mass is 79.9. The first-order valence-electron chi connectivity index (χ1n) is 8.06. The summed E-state index contributed by atoms with van der Waals surface area (Å²) in [5.74, 6) is 2.90. The summed E-state index contributed by atoms with van der Waals surface area (Å²) < 4.78 is 0. The van der Waals surface area contributed by atoms with Gasteiger partial charge in [-0.3, -0.25) is 4.79 Å². The summed E-state index contributed by atoms with van der Waals surface area (Å²) in [6.07, 6.45) is 8.88. The topological polar surface area (TPSA) is 17.1 Å². The number of aryl methyl sites for hydroxylation is 2. The molecular weight excluding hydrogens is 336 g/mol. The molecule has 0 radical (unpaired) electrons. The molecule has 0 aliphatic carbocycles. The van der Waals surface area contributed by atoms with Crippen molar-refractivity contribution in [3.63, 3.8) is 0 Å². The zero-order valence-electron chi connectivity index (χ0n) is 14.6. The first-order chi connectivity index (χ1) is 10.5. The Bertz CT molecular complexity index is 513. The quantitative estimate of drug-likeness (QED) is 0.342. The fourth-order valence-electron chi connectivity index (χ4n) is 2.38. The van der Waals surface area contributed by atoms with Gasteiger partial charge in [0.25, 0.3) is 0 Å². The van der Waals surface area contributed by atoms with Crippen LogP contribution in [-0.2, 0) is 10.2 Å². The Balaban J connectivity index is 0.00000211. The van der Waals surface area contributed by atoms with E-state index in [9.17, 15) is 4.79 Å². The van der Waals surface area contributed by atoms with Gasteiger partial charge >= 0.3 is 0 Å². The molecule has 0 bridgehead atoms. The van der Waals surface area contributed by atoms with Crippen molar-refractivity contribution >= 4 is 21.7 Å². The first kappa shape index (κ1) is 20.9. The van der Waals surface area contributed by atoms with Crippen LogP contribution in [0.5, 0.6) is 0 Å². The van der Waals surface area contributed by atoms with Crippen molar-refractivity contribution in [1.29, 1.82) is 0 Å². The molecule has 22 heavy (non-hydrogen) atoms. The van der Waals surface area contributed by atoms with Gasteiger partial charge in [-0.2, -0.15) is 0 Å². The zero-order chi connectivity index (χ0) is 17.2. The largest absolute Gasteiger partial charge is 0.298 e. The zero-order valence-corrected chi connectivity index (χ0v) is 16.2. The number of carbonyl (C=O) groups is 1. The summed E-state index contributed by atoms with van der Waals surface area (Å²) in [4.78, 5) is 12.4. The Morgan fingerprint density at radius 2 is 1.86 bits per heavy atom. The molecule has 1 rings (SSSR count). The molecule has 0 heterocycles. The molecule has 1 atom stereocenters. The van der Waals surface area contributed by atoms with Gasteiger partial charge in [0.15, 0.2) is 5.78 Å². The highest BCUT2D eigenvalue weighted by molar-refractivity contribution is 9.09. The van der Waals surface area contributed by atoms with E-state index >= 15 is 0 Å². The van der Waals surface area contributed by atoms with E-state index in [1.54, 1.807) is 0 Å². The van der Waals surface area contributed by atoms with E-state index in [4.69, 9.17) is 6.42 Å². The van der Waals surface area contributed by atoms with E-state index in [-0.39, 0.29) is 5.78 Å². The third-order valence-corrected chi connectivity index (χ3v) is 4.64. The normalized spacial score (nSPS) is 12.6. The number of halogens is 1. The number of Topliss-reactive ketones (excluding diaryl/α,β-unsaturated/α-hetero) is 1. The lowest BCUT2D eigenvalue weighted by atomic mass is 9.74. The van der Waals surface area contributed by atoms with Crippen LogP contribution in [0, 0.1) is 26.2 Å². The molecule has 0 fully saturated rings. The second-order valence-electron chi connectivity index (χ2n) is 5.60. The highest BCUT2D eigenvalue weighted by Crippen LogP contribution is 2.32. The predicted molar refractivity (Wildman–Crippen MR) is 101 cm³/mol. The second-order valence-corrected chi connectivity index (χ2v) is 6.16. The minimum absolute atomic E-state index is 0.237. The summed E-state index contributed by atoms with van der Waals surface area (Å²) in [5.41, 5.74) is 3.19. The lowest BCUT2D eigenvalue weighted by Gasteiger charge is -2.29. The van der Waals surface area contributed by atoms with Crippen LogP contribution in [0.4, 0.5) is 0 Å². The fourth-order valence-corrected chi connectivity index (χ4v) is 3.00. The van der Waals surface area contributed by atoms with Crippen LogP contribution >= 0.6 is 15.9 Å². The van der Waals surface area contributed by atoms with Crippen molar-refractivity contribution in [2.24, 2.45) is 0 Å². The van der Waals surface area contributed by atoms with Gasteiger partial charge in [0.05, 0.1) is 10.7 Å². The third kappa shape index (κ3) is 5.61. The van der Waals surface area contributed by atoms with Gasteiger partial charge in [-0.15, -0.1) is 12.3 Å². The number of benzene rings is 1. The van der Waals surface area contributed by atoms with Crippen molar-refractivity contribution in [2.75, 3.05) is 5.33 Å². The second kappa shape index (κ2) is 10.6. The Morgan fingerprint density at radius 3 is 2.36 bits per heavy atom. The van der Waals surface area contributed by atoms with Gasteiger partial charge in [-0.25, -0.2) is 0 Å². The molecule has 122 valence electrons. The number of rotatable bonds is 7. The van der Waals surface area contributed by atoms with Crippen molar-refractivity contribution < 1.29 is 4.79 Å². The van der Waals surface area contributed by atoms with Gasteiger partial charge in [0, 0.05) is 6.42 Å². The molecule has 0 aromatic heterocycles. The third-order valence-electron chi connectivity index (χ3n) is 4.13. The summed E-state index contributed by atoms with van der Waals surface area (Å²) >= 11 is 3.32. The molecule has 0 aliphatic rings. The molecule has 1 unspecified atom stereocenters. The van der Waals surface area contributed by atoms with Gasteiger partial charge in [0.2, 0.25) is 0 Å². The van der Waals surface area contributed by atoms with Crippen molar-refractivity contribution in [3.05, 3.63) is 34.9 Å². The maximum atomic E-state index is 12.4. The van der Waals surface area contributed by atoms with Crippen LogP contribution in [0.2, 0.25) is 0 Å². The van der Waals surface area contributed by atoms with Crippen molar-refractivity contribution in [2.45, 2.75) is 65.7 Å². The number of alkyl halides is 1. The maximum Gasteiger partial charge on any atom is 0.153 e. The number of unbranched alkanes of at least 4 members (excludes halogenated alkanes) is 2. The maximum absolute atomic E-state index is 12.4. The lowest BCUT2D eigenvalue weighted by molar-refractivity contribution is -0.121. The van der Waals surface area contributed by atoms with E-state index in [1.165, 1.54) is 11.1 Å². The van der Waals surface area contributed by atoms with E-state index < -0.39 is 5.41 Å². The van der Waals surface area contributed by atoms with Crippen LogP contribution in [0.25, 0.3) is 0 Å². The number of hydrogen-bond donors (Lipinski definition) is 0. The molecule has 2 heteroatoms. The average molecular weight is 365 g/mol. The molecule has 0 saturated carbocycles. The summed E-state index contributed by atoms with van der Waals surface area (Å²) in [7, 11) is 0. The highest BCUT2D eigenvalue weighted by Gasteiger charge is 2.33. The van der Waals surface area contributed by atoms with Crippen LogP contribution < -0.4 is 0 Å². The lowest BCUT2D eigenvalue weighted by Crippen LogP contribution is -2.33. The molecule has 0 saturated heterocycles. The van der Waals surface area contributed by atoms with Gasteiger partial charge in [-0.1, -0.05) is 54.4 Å². The molecule has 1 nitrogen and oxygen atoms in total. The summed E-state index contributed by atoms with van der Waals surface area (Å²) in [5, 5.41) is 0.394. The Kier molecular flexibility index (Phi) is 10.1. The standard InChI is InChI=1S/C18H23BrO.C2H6/c1-5-6-7-8-11-18(4,17(20)13-19)16-10-9-14(2)15(3)12-16;1-2/h1,9-10,12H,6-8,11,13H2,2-4H3;1-2H3. The molecule has 1 aromatic rings. The number of ketones is 1. The number of terminal acetylenes is 1. The Hall–Kier alpha value is -1.07. The van der Waals surface area contributed by atoms with Crippen LogP contribution in [0.15, 0.2) is 18.2 Å². The summed E-state index contributed by atoms with van der Waals surface area (Å²) in [6, 6.07) is 6.34. The molecular formula is C20H29BrO. The fraction of sp³-hybridized carbons (Fsp3) is 0.550. The number of carbonyl (C=O) groups excluding carboxylic acids is 1. The molecule has 0 spiro atoms. The average Bonchev–Trinajstić information content (AvgIpc) is 2.55. The number of hydrogen-bond acceptors (Lipinski definition) is 1. The first-order valence-corrected chi connectivity index (χ1v) is 9.18. The van der Waals surface area contributed by atoms with Gasteiger partial charge < -0.3 is 0 Å².